The van der Waals surface area contributed by atoms with E-state index in [1.165, 1.54) is 12.1 Å². The highest BCUT2D eigenvalue weighted by atomic mass is 32.2. The summed E-state index contributed by atoms with van der Waals surface area (Å²) in [6.07, 6.45) is 0. The molecule has 0 unspecified atom stereocenters. The molecule has 0 aliphatic carbocycles. The van der Waals surface area contributed by atoms with Crippen molar-refractivity contribution in [1.82, 2.24) is 4.90 Å². The third-order valence-corrected chi connectivity index (χ3v) is 5.06. The van der Waals surface area contributed by atoms with Gasteiger partial charge in [-0.1, -0.05) is 20.8 Å². The average molecular weight is 337 g/mol. The van der Waals surface area contributed by atoms with E-state index >= 15 is 0 Å². The summed E-state index contributed by atoms with van der Waals surface area (Å²) in [6, 6.07) is 4.57. The average Bonchev–Trinajstić information content (AvgIpc) is 2.46. The Balaban J connectivity index is 2.49. The van der Waals surface area contributed by atoms with E-state index in [0.717, 1.165) is 0 Å². The normalized spacial score (nSPS) is 16.1. The molecule has 0 spiro atoms. The predicted molar refractivity (Wildman–Crippen MR) is 91.4 cm³/mol. The first-order chi connectivity index (χ1) is 10.6. The first kappa shape index (κ1) is 17.5. The van der Waals surface area contributed by atoms with Crippen LogP contribution in [-0.2, 0) is 10.0 Å². The molecule has 0 radical (unpaired) electrons. The summed E-state index contributed by atoms with van der Waals surface area (Å²) in [5, 5.41) is 3.06. The van der Waals surface area contributed by atoms with Crippen molar-refractivity contribution in [2.24, 2.45) is 9.81 Å². The molecule has 0 atom stereocenters. The summed E-state index contributed by atoms with van der Waals surface area (Å²) >= 11 is 0. The van der Waals surface area contributed by atoms with Gasteiger partial charge in [-0.05, 0) is 32.0 Å². The third kappa shape index (κ3) is 3.39. The molecule has 2 rings (SSSR count). The minimum atomic E-state index is -3.75. The van der Waals surface area contributed by atoms with Crippen LogP contribution >= 0.6 is 0 Å². The predicted octanol–water partition coefficient (Wildman–Crippen LogP) is 2.73. The minimum Gasteiger partial charge on any atom is -0.341 e. The van der Waals surface area contributed by atoms with Gasteiger partial charge in [-0.2, -0.15) is 8.42 Å². The molecule has 1 aliphatic rings. The molecule has 1 N–H and O–H groups in total. The van der Waals surface area contributed by atoms with E-state index < -0.39 is 15.4 Å². The van der Waals surface area contributed by atoms with Crippen molar-refractivity contribution < 1.29 is 13.2 Å². The van der Waals surface area contributed by atoms with Crippen LogP contribution in [-0.4, -0.2) is 38.2 Å². The fourth-order valence-corrected chi connectivity index (χ4v) is 3.61. The molecule has 0 saturated heterocycles. The fourth-order valence-electron chi connectivity index (χ4n) is 2.32. The van der Waals surface area contributed by atoms with Gasteiger partial charge in [-0.25, -0.2) is 0 Å². The molecule has 0 saturated carbocycles. The molecular weight excluding hydrogens is 314 g/mol. The summed E-state index contributed by atoms with van der Waals surface area (Å²) in [4.78, 5) is 14.2. The molecule has 0 fully saturated rings. The van der Waals surface area contributed by atoms with Gasteiger partial charge < -0.3 is 10.2 Å². The number of nitrogens with zero attached hydrogens (tertiary/aromatic N) is 2. The van der Waals surface area contributed by atoms with Crippen molar-refractivity contribution in [3.05, 3.63) is 23.8 Å². The van der Waals surface area contributed by atoms with Crippen molar-refractivity contribution in [2.75, 3.05) is 18.4 Å². The maximum Gasteiger partial charge on any atom is 0.286 e. The summed E-state index contributed by atoms with van der Waals surface area (Å²) in [6.45, 7) is 10.7. The topological polar surface area (TPSA) is 78.8 Å². The zero-order valence-electron chi connectivity index (χ0n) is 14.2. The lowest BCUT2D eigenvalue weighted by Gasteiger charge is -2.27. The molecule has 1 aromatic carbocycles. The highest BCUT2D eigenvalue weighted by molar-refractivity contribution is 7.90. The Bertz CT molecular complexity index is 757. The van der Waals surface area contributed by atoms with E-state index in [-0.39, 0.29) is 10.8 Å². The van der Waals surface area contributed by atoms with Crippen LogP contribution in [0.2, 0.25) is 0 Å². The molecule has 7 heteroatoms. The zero-order valence-corrected chi connectivity index (χ0v) is 15.0. The van der Waals surface area contributed by atoms with E-state index in [9.17, 15) is 13.2 Å². The number of nitrogens with one attached hydrogen (secondary N) is 1. The molecule has 1 aromatic rings. The summed E-state index contributed by atoms with van der Waals surface area (Å²) < 4.78 is 28.5. The number of fused-ring (bicyclic) bond motifs is 1. The number of amides is 1. The van der Waals surface area contributed by atoms with Gasteiger partial charge in [0.1, 0.15) is 10.7 Å². The second-order valence-corrected chi connectivity index (χ2v) is 8.05. The molecule has 126 valence electrons. The summed E-state index contributed by atoms with van der Waals surface area (Å²) in [5.74, 6) is 0.259. The molecule has 0 bridgehead atoms. The van der Waals surface area contributed by atoms with Gasteiger partial charge in [-0.3, -0.25) is 4.79 Å². The highest BCUT2D eigenvalue weighted by Gasteiger charge is 2.31. The van der Waals surface area contributed by atoms with E-state index in [1.54, 1.807) is 11.0 Å². The minimum absolute atomic E-state index is 0.0987. The van der Waals surface area contributed by atoms with Gasteiger partial charge in [-0.15, -0.1) is 4.40 Å². The van der Waals surface area contributed by atoms with E-state index in [4.69, 9.17) is 0 Å². The van der Waals surface area contributed by atoms with Crippen LogP contribution in [0.25, 0.3) is 0 Å². The lowest BCUT2D eigenvalue weighted by molar-refractivity contribution is 0.0773. The number of hydrogen-bond donors (Lipinski definition) is 1. The zero-order chi connectivity index (χ0) is 17.4. The summed E-state index contributed by atoms with van der Waals surface area (Å²) in [7, 11) is -3.75. The molecule has 1 heterocycles. The van der Waals surface area contributed by atoms with Gasteiger partial charge in [0, 0.05) is 24.1 Å². The number of anilines is 1. The second kappa shape index (κ2) is 5.96. The van der Waals surface area contributed by atoms with Crippen molar-refractivity contribution in [2.45, 2.75) is 39.5 Å². The Morgan fingerprint density at radius 1 is 1.22 bits per heavy atom. The SMILES string of the molecule is CCN(CC)C(=O)c1ccc2c(c1)NC(C(C)(C)C)=NS2(=O)=O. The molecule has 23 heavy (non-hydrogen) atoms. The van der Waals surface area contributed by atoms with Crippen LogP contribution in [0.1, 0.15) is 45.0 Å². The van der Waals surface area contributed by atoms with Crippen molar-refractivity contribution >= 4 is 27.5 Å². The number of carbonyl (C=O) groups is 1. The van der Waals surface area contributed by atoms with Crippen LogP contribution in [0, 0.1) is 5.41 Å². The third-order valence-electron chi connectivity index (χ3n) is 3.73. The number of carbonyl (C=O) groups excluding carboxylic acids is 1. The van der Waals surface area contributed by atoms with Crippen molar-refractivity contribution in [3.63, 3.8) is 0 Å². The van der Waals surface area contributed by atoms with Gasteiger partial charge >= 0.3 is 0 Å². The molecule has 1 aliphatic heterocycles. The molecular formula is C16H23N3O3S. The number of sulfonamides is 1. The molecule has 0 aromatic heterocycles. The van der Waals surface area contributed by atoms with Crippen LogP contribution in [0.15, 0.2) is 27.5 Å². The maximum atomic E-state index is 12.5. The van der Waals surface area contributed by atoms with Crippen molar-refractivity contribution in [3.8, 4) is 0 Å². The van der Waals surface area contributed by atoms with E-state index in [2.05, 4.69) is 9.71 Å². The van der Waals surface area contributed by atoms with Gasteiger partial charge in [0.05, 0.1) is 5.69 Å². The van der Waals surface area contributed by atoms with Crippen LogP contribution in [0.5, 0.6) is 0 Å². The van der Waals surface area contributed by atoms with E-state index in [1.807, 2.05) is 34.6 Å². The standard InChI is InChI=1S/C16H23N3O3S/c1-6-19(7-2)14(20)11-8-9-13-12(10-11)17-15(16(3,4)5)18-23(13,21)22/h8-10H,6-7H2,1-5H3,(H,17,18). The highest BCUT2D eigenvalue weighted by Crippen LogP contribution is 2.32. The first-order valence-electron chi connectivity index (χ1n) is 7.66. The Hall–Kier alpha value is -1.89. The van der Waals surface area contributed by atoms with E-state index in [0.29, 0.717) is 30.2 Å². The number of rotatable bonds is 3. The van der Waals surface area contributed by atoms with Gasteiger partial charge in [0.25, 0.3) is 15.9 Å². The lowest BCUT2D eigenvalue weighted by atomic mass is 9.95. The molecule has 1 amide bonds. The second-order valence-electron chi connectivity index (χ2n) is 6.48. The Morgan fingerprint density at radius 3 is 2.35 bits per heavy atom. The fraction of sp³-hybridized carbons (Fsp3) is 0.500. The summed E-state index contributed by atoms with van der Waals surface area (Å²) in [5.41, 5.74) is 0.428. The van der Waals surface area contributed by atoms with Gasteiger partial charge in [0.15, 0.2) is 0 Å². The van der Waals surface area contributed by atoms with Crippen LogP contribution in [0.3, 0.4) is 0 Å². The first-order valence-corrected chi connectivity index (χ1v) is 9.10. The van der Waals surface area contributed by atoms with Gasteiger partial charge in [0.2, 0.25) is 0 Å². The van der Waals surface area contributed by atoms with Crippen LogP contribution in [0.4, 0.5) is 5.69 Å². The lowest BCUT2D eigenvalue weighted by Crippen LogP contribution is -2.33. The Labute approximate surface area is 137 Å². The quantitative estimate of drug-likeness (QED) is 0.920. The molecule has 6 nitrogen and oxygen atoms in total. The number of amidine groups is 1. The van der Waals surface area contributed by atoms with Crippen LogP contribution < -0.4 is 5.32 Å². The monoisotopic (exact) mass is 337 g/mol. The Morgan fingerprint density at radius 2 is 1.83 bits per heavy atom. The number of benzene rings is 1. The smallest absolute Gasteiger partial charge is 0.286 e. The Kier molecular flexibility index (Phi) is 4.52. The number of hydrogen-bond acceptors (Lipinski definition) is 4. The van der Waals surface area contributed by atoms with Crippen molar-refractivity contribution in [1.29, 1.82) is 0 Å². The largest absolute Gasteiger partial charge is 0.341 e. The maximum absolute atomic E-state index is 12.5.